The van der Waals surface area contributed by atoms with Crippen LogP contribution in [0.4, 0.5) is 0 Å². The van der Waals surface area contributed by atoms with Crippen LogP contribution < -0.4 is 10.6 Å². The minimum atomic E-state index is -0.0652. The van der Waals surface area contributed by atoms with E-state index in [1.807, 2.05) is 18.7 Å². The molecule has 1 saturated carbocycles. The second kappa shape index (κ2) is 7.98. The van der Waals surface area contributed by atoms with Crippen LogP contribution in [0.25, 0.3) is 0 Å². The molecule has 100 valence electrons. The van der Waals surface area contributed by atoms with Crippen LogP contribution in [0.5, 0.6) is 0 Å². The molecule has 0 aromatic rings. The molecule has 0 saturated heterocycles. The molecule has 0 radical (unpaired) electrons. The molecule has 1 rings (SSSR count). The molecule has 0 aromatic heterocycles. The molecular weight excluding hydrogens is 232 g/mol. The first kappa shape index (κ1) is 14.8. The van der Waals surface area contributed by atoms with Crippen molar-refractivity contribution in [3.8, 4) is 0 Å². The van der Waals surface area contributed by atoms with E-state index >= 15 is 0 Å². The van der Waals surface area contributed by atoms with Gasteiger partial charge in [-0.3, -0.25) is 4.79 Å². The van der Waals surface area contributed by atoms with E-state index in [0.29, 0.717) is 11.3 Å². The third-order valence-electron chi connectivity index (χ3n) is 3.24. The number of carbonyl (C=O) groups excluding carboxylic acids is 1. The SMILES string of the molecule is CCCNC(=O)C(C)NC1CCCC1SCC. The number of hydrogen-bond donors (Lipinski definition) is 2. The van der Waals surface area contributed by atoms with Gasteiger partial charge < -0.3 is 10.6 Å². The maximum Gasteiger partial charge on any atom is 0.236 e. The van der Waals surface area contributed by atoms with Crippen molar-refractivity contribution in [3.63, 3.8) is 0 Å². The summed E-state index contributed by atoms with van der Waals surface area (Å²) in [5.41, 5.74) is 0. The summed E-state index contributed by atoms with van der Waals surface area (Å²) in [6.45, 7) is 7.03. The van der Waals surface area contributed by atoms with Gasteiger partial charge in [0.15, 0.2) is 0 Å². The monoisotopic (exact) mass is 258 g/mol. The van der Waals surface area contributed by atoms with Gasteiger partial charge in [-0.25, -0.2) is 0 Å². The van der Waals surface area contributed by atoms with Crippen LogP contribution in [0.2, 0.25) is 0 Å². The summed E-state index contributed by atoms with van der Waals surface area (Å²) in [6, 6.07) is 0.451. The van der Waals surface area contributed by atoms with E-state index in [2.05, 4.69) is 24.5 Å². The highest BCUT2D eigenvalue weighted by atomic mass is 32.2. The van der Waals surface area contributed by atoms with Crippen LogP contribution in [-0.2, 0) is 4.79 Å². The van der Waals surface area contributed by atoms with Crippen LogP contribution >= 0.6 is 11.8 Å². The zero-order chi connectivity index (χ0) is 12.7. The van der Waals surface area contributed by atoms with Crippen LogP contribution in [0.1, 0.15) is 46.5 Å². The van der Waals surface area contributed by atoms with Crippen molar-refractivity contribution in [3.05, 3.63) is 0 Å². The van der Waals surface area contributed by atoms with E-state index < -0.39 is 0 Å². The van der Waals surface area contributed by atoms with Gasteiger partial charge in [0.05, 0.1) is 6.04 Å². The Balaban J connectivity index is 2.33. The highest BCUT2D eigenvalue weighted by molar-refractivity contribution is 7.99. The molecule has 3 atom stereocenters. The van der Waals surface area contributed by atoms with E-state index in [4.69, 9.17) is 0 Å². The lowest BCUT2D eigenvalue weighted by Gasteiger charge is -2.24. The Bertz CT molecular complexity index is 235. The lowest BCUT2D eigenvalue weighted by atomic mass is 10.2. The standard InChI is InChI=1S/C13H26N2OS/c1-4-9-14-13(16)10(3)15-11-7-6-8-12(11)17-5-2/h10-12,15H,4-9H2,1-3H3,(H,14,16). The van der Waals surface area contributed by atoms with Crippen molar-refractivity contribution in [2.75, 3.05) is 12.3 Å². The zero-order valence-corrected chi connectivity index (χ0v) is 12.1. The highest BCUT2D eigenvalue weighted by Gasteiger charge is 2.29. The Kier molecular flexibility index (Phi) is 6.97. The summed E-state index contributed by atoms with van der Waals surface area (Å²) in [7, 11) is 0. The molecule has 1 aliphatic rings. The molecular formula is C13H26N2OS. The molecule has 4 heteroatoms. The van der Waals surface area contributed by atoms with Crippen molar-refractivity contribution in [2.24, 2.45) is 0 Å². The number of rotatable bonds is 7. The fourth-order valence-corrected chi connectivity index (χ4v) is 3.54. The van der Waals surface area contributed by atoms with Gasteiger partial charge in [0.2, 0.25) is 5.91 Å². The van der Waals surface area contributed by atoms with Crippen molar-refractivity contribution < 1.29 is 4.79 Å². The number of carbonyl (C=O) groups is 1. The Morgan fingerprint density at radius 1 is 1.41 bits per heavy atom. The molecule has 0 aromatic carbocycles. The second-order valence-electron chi connectivity index (χ2n) is 4.71. The summed E-state index contributed by atoms with van der Waals surface area (Å²) in [5, 5.41) is 7.13. The van der Waals surface area contributed by atoms with Crippen LogP contribution in [0.15, 0.2) is 0 Å². The van der Waals surface area contributed by atoms with Crippen LogP contribution in [-0.4, -0.2) is 35.5 Å². The van der Waals surface area contributed by atoms with Gasteiger partial charge in [-0.2, -0.15) is 11.8 Å². The smallest absolute Gasteiger partial charge is 0.236 e. The predicted octanol–water partition coefficient (Wildman–Crippen LogP) is 2.16. The summed E-state index contributed by atoms with van der Waals surface area (Å²) in [4.78, 5) is 11.8. The topological polar surface area (TPSA) is 41.1 Å². The Morgan fingerprint density at radius 2 is 2.18 bits per heavy atom. The van der Waals surface area contributed by atoms with Gasteiger partial charge >= 0.3 is 0 Å². The molecule has 0 bridgehead atoms. The van der Waals surface area contributed by atoms with Crippen LogP contribution in [0.3, 0.4) is 0 Å². The average molecular weight is 258 g/mol. The van der Waals surface area contributed by atoms with Gasteiger partial charge in [-0.1, -0.05) is 20.3 Å². The minimum absolute atomic E-state index is 0.0652. The van der Waals surface area contributed by atoms with Gasteiger partial charge in [-0.15, -0.1) is 0 Å². The third-order valence-corrected chi connectivity index (χ3v) is 4.57. The molecule has 0 heterocycles. The van der Waals surface area contributed by atoms with Crippen LogP contribution in [0, 0.1) is 0 Å². The summed E-state index contributed by atoms with van der Waals surface area (Å²) < 4.78 is 0. The Morgan fingerprint density at radius 3 is 2.82 bits per heavy atom. The van der Waals surface area contributed by atoms with Crippen molar-refractivity contribution in [2.45, 2.75) is 63.8 Å². The summed E-state index contributed by atoms with van der Waals surface area (Å²) in [6.07, 6.45) is 4.79. The minimum Gasteiger partial charge on any atom is -0.355 e. The predicted molar refractivity (Wildman–Crippen MR) is 75.5 cm³/mol. The first-order valence-corrected chi connectivity index (χ1v) is 7.89. The van der Waals surface area contributed by atoms with Gasteiger partial charge in [0.25, 0.3) is 0 Å². The van der Waals surface area contributed by atoms with Gasteiger partial charge in [0, 0.05) is 17.8 Å². The Hall–Kier alpha value is -0.220. The van der Waals surface area contributed by atoms with E-state index in [1.54, 1.807) is 0 Å². The number of thioether (sulfide) groups is 1. The average Bonchev–Trinajstić information content (AvgIpc) is 2.74. The fraction of sp³-hybridized carbons (Fsp3) is 0.923. The molecule has 3 unspecified atom stereocenters. The molecule has 1 fully saturated rings. The fourth-order valence-electron chi connectivity index (χ4n) is 2.33. The zero-order valence-electron chi connectivity index (χ0n) is 11.3. The van der Waals surface area contributed by atoms with E-state index in [0.717, 1.165) is 13.0 Å². The van der Waals surface area contributed by atoms with Crippen molar-refractivity contribution >= 4 is 17.7 Å². The largest absolute Gasteiger partial charge is 0.355 e. The second-order valence-corrected chi connectivity index (χ2v) is 6.23. The molecule has 17 heavy (non-hydrogen) atoms. The first-order valence-electron chi connectivity index (χ1n) is 6.84. The molecule has 1 amide bonds. The lowest BCUT2D eigenvalue weighted by Crippen LogP contribution is -2.48. The molecule has 0 spiro atoms. The first-order chi connectivity index (χ1) is 8.19. The maximum atomic E-state index is 11.8. The quantitative estimate of drug-likeness (QED) is 0.735. The third kappa shape index (κ3) is 4.88. The van der Waals surface area contributed by atoms with E-state index in [1.165, 1.54) is 25.0 Å². The maximum absolute atomic E-state index is 11.8. The molecule has 0 aliphatic heterocycles. The van der Waals surface area contributed by atoms with Gasteiger partial charge in [0.1, 0.15) is 0 Å². The molecule has 2 N–H and O–H groups in total. The molecule has 3 nitrogen and oxygen atoms in total. The van der Waals surface area contributed by atoms with Crippen molar-refractivity contribution in [1.29, 1.82) is 0 Å². The van der Waals surface area contributed by atoms with E-state index in [9.17, 15) is 4.79 Å². The number of amides is 1. The van der Waals surface area contributed by atoms with Gasteiger partial charge in [-0.05, 0) is 31.9 Å². The number of hydrogen-bond acceptors (Lipinski definition) is 3. The number of nitrogens with one attached hydrogen (secondary N) is 2. The Labute approximate surface area is 109 Å². The molecule has 1 aliphatic carbocycles. The summed E-state index contributed by atoms with van der Waals surface area (Å²) >= 11 is 2.02. The summed E-state index contributed by atoms with van der Waals surface area (Å²) in [5.74, 6) is 1.30. The van der Waals surface area contributed by atoms with Crippen molar-refractivity contribution in [1.82, 2.24) is 10.6 Å². The lowest BCUT2D eigenvalue weighted by molar-refractivity contribution is -0.122. The normalized spacial score (nSPS) is 25.8. The van der Waals surface area contributed by atoms with E-state index in [-0.39, 0.29) is 11.9 Å². The highest BCUT2D eigenvalue weighted by Crippen LogP contribution is 2.30.